The minimum atomic E-state index is -3.42. The maximum Gasteiger partial charge on any atom is 0.253 e. The summed E-state index contributed by atoms with van der Waals surface area (Å²) in [6, 6.07) is 5.10. The lowest BCUT2D eigenvalue weighted by molar-refractivity contribution is 0.0951. The molecular formula is C16H26ClN3O3S. The van der Waals surface area contributed by atoms with Gasteiger partial charge in [0.25, 0.3) is 5.91 Å². The van der Waals surface area contributed by atoms with Crippen LogP contribution in [0.4, 0.5) is 5.69 Å². The fourth-order valence-corrected chi connectivity index (χ4v) is 3.37. The summed E-state index contributed by atoms with van der Waals surface area (Å²) in [5.41, 5.74) is 1.58. The van der Waals surface area contributed by atoms with Gasteiger partial charge in [-0.1, -0.05) is 11.6 Å². The number of hydrogen-bond acceptors (Lipinski definition) is 4. The fraction of sp³-hybridized carbons (Fsp3) is 0.562. The Morgan fingerprint density at radius 1 is 1.38 bits per heavy atom. The molecule has 1 amide bonds. The zero-order valence-electron chi connectivity index (χ0n) is 14.1. The molecule has 1 saturated heterocycles. The van der Waals surface area contributed by atoms with Crippen LogP contribution in [0.3, 0.4) is 0 Å². The summed E-state index contributed by atoms with van der Waals surface area (Å²) in [5.74, 6) is 0.346. The summed E-state index contributed by atoms with van der Waals surface area (Å²) >= 11 is 0. The van der Waals surface area contributed by atoms with Crippen molar-refractivity contribution in [2.24, 2.45) is 5.92 Å². The average molecular weight is 376 g/mol. The molecule has 1 fully saturated rings. The average Bonchev–Trinajstić information content (AvgIpc) is 2.49. The topological polar surface area (TPSA) is 87.3 Å². The molecule has 8 heteroatoms. The van der Waals surface area contributed by atoms with E-state index in [9.17, 15) is 13.2 Å². The molecule has 0 spiro atoms. The molecule has 1 atom stereocenters. The zero-order chi connectivity index (χ0) is 16.9. The second-order valence-electron chi connectivity index (χ2n) is 6.18. The van der Waals surface area contributed by atoms with Crippen molar-refractivity contribution in [2.75, 3.05) is 30.6 Å². The molecule has 1 aliphatic rings. The minimum Gasteiger partial charge on any atom is -0.352 e. The van der Waals surface area contributed by atoms with E-state index in [1.807, 2.05) is 6.92 Å². The van der Waals surface area contributed by atoms with Crippen molar-refractivity contribution in [1.82, 2.24) is 10.6 Å². The number of anilines is 1. The van der Waals surface area contributed by atoms with Crippen molar-refractivity contribution in [1.29, 1.82) is 0 Å². The maximum absolute atomic E-state index is 12.4. The summed E-state index contributed by atoms with van der Waals surface area (Å²) in [4.78, 5) is 12.4. The number of carbonyl (C=O) groups is 1. The molecule has 2 rings (SSSR count). The smallest absolute Gasteiger partial charge is 0.253 e. The first-order valence-electron chi connectivity index (χ1n) is 7.92. The first-order chi connectivity index (χ1) is 10.8. The fourth-order valence-electron chi connectivity index (χ4n) is 2.79. The van der Waals surface area contributed by atoms with Crippen LogP contribution in [0, 0.1) is 12.8 Å². The summed E-state index contributed by atoms with van der Waals surface area (Å²) < 4.78 is 25.3. The number of benzene rings is 1. The van der Waals surface area contributed by atoms with Crippen LogP contribution in [0.1, 0.15) is 35.2 Å². The number of sulfonamides is 1. The summed E-state index contributed by atoms with van der Waals surface area (Å²) in [6.07, 6.45) is 4.37. The third kappa shape index (κ3) is 6.67. The van der Waals surface area contributed by atoms with E-state index in [-0.39, 0.29) is 18.3 Å². The minimum absolute atomic E-state index is 0. The van der Waals surface area contributed by atoms with E-state index in [4.69, 9.17) is 0 Å². The monoisotopic (exact) mass is 375 g/mol. The predicted octanol–water partition coefficient (Wildman–Crippen LogP) is 1.91. The number of rotatable bonds is 6. The van der Waals surface area contributed by atoms with Gasteiger partial charge in [0.15, 0.2) is 0 Å². The first kappa shape index (κ1) is 20.7. The molecule has 0 aliphatic carbocycles. The Bertz CT molecular complexity index is 659. The van der Waals surface area contributed by atoms with E-state index in [0.29, 0.717) is 23.7 Å². The Morgan fingerprint density at radius 2 is 2.12 bits per heavy atom. The van der Waals surface area contributed by atoms with Gasteiger partial charge in [0.2, 0.25) is 10.0 Å². The van der Waals surface area contributed by atoms with Crippen molar-refractivity contribution < 1.29 is 13.2 Å². The molecule has 0 saturated carbocycles. The first-order valence-corrected chi connectivity index (χ1v) is 9.81. The molecule has 1 aromatic rings. The van der Waals surface area contributed by atoms with E-state index in [1.165, 1.54) is 12.8 Å². The Hall–Kier alpha value is -1.31. The van der Waals surface area contributed by atoms with Crippen LogP contribution in [0.15, 0.2) is 18.2 Å². The normalized spacial score (nSPS) is 17.7. The highest BCUT2D eigenvalue weighted by molar-refractivity contribution is 7.92. The van der Waals surface area contributed by atoms with Crippen molar-refractivity contribution in [2.45, 2.75) is 26.2 Å². The van der Waals surface area contributed by atoms with Crippen LogP contribution in [0.5, 0.6) is 0 Å². The van der Waals surface area contributed by atoms with E-state index in [0.717, 1.165) is 31.3 Å². The zero-order valence-corrected chi connectivity index (χ0v) is 15.7. The molecule has 6 nitrogen and oxygen atoms in total. The SMILES string of the molecule is Cc1ccc(NS(C)(=O)=O)c(C(=O)NCCC2CCCNC2)c1.Cl. The Labute approximate surface area is 150 Å². The molecule has 1 aliphatic heterocycles. The quantitative estimate of drug-likeness (QED) is 0.708. The van der Waals surface area contributed by atoms with Gasteiger partial charge in [0.1, 0.15) is 0 Å². The van der Waals surface area contributed by atoms with Gasteiger partial charge in [0.05, 0.1) is 17.5 Å². The lowest BCUT2D eigenvalue weighted by Gasteiger charge is -2.22. The van der Waals surface area contributed by atoms with Crippen molar-refractivity contribution in [3.63, 3.8) is 0 Å². The molecule has 0 radical (unpaired) electrons. The van der Waals surface area contributed by atoms with Gasteiger partial charge in [-0.05, 0) is 57.3 Å². The summed E-state index contributed by atoms with van der Waals surface area (Å²) in [5, 5.41) is 6.26. The van der Waals surface area contributed by atoms with Crippen LogP contribution in [0.2, 0.25) is 0 Å². The molecule has 24 heavy (non-hydrogen) atoms. The van der Waals surface area contributed by atoms with Gasteiger partial charge in [0, 0.05) is 6.54 Å². The third-order valence-electron chi connectivity index (χ3n) is 3.95. The van der Waals surface area contributed by atoms with Crippen LogP contribution in [-0.4, -0.2) is 40.2 Å². The van der Waals surface area contributed by atoms with Crippen LogP contribution in [-0.2, 0) is 10.0 Å². The number of halogens is 1. The van der Waals surface area contributed by atoms with Gasteiger partial charge in [-0.15, -0.1) is 12.4 Å². The number of nitrogens with one attached hydrogen (secondary N) is 3. The van der Waals surface area contributed by atoms with Crippen molar-refractivity contribution in [3.8, 4) is 0 Å². The predicted molar refractivity (Wildman–Crippen MR) is 99.4 cm³/mol. The molecule has 0 aromatic heterocycles. The number of hydrogen-bond donors (Lipinski definition) is 3. The molecule has 1 heterocycles. The van der Waals surface area contributed by atoms with Gasteiger partial charge in [-0.3, -0.25) is 9.52 Å². The molecular weight excluding hydrogens is 350 g/mol. The van der Waals surface area contributed by atoms with Gasteiger partial charge in [-0.25, -0.2) is 8.42 Å². The number of aryl methyl sites for hydroxylation is 1. The molecule has 0 bridgehead atoms. The second kappa shape index (κ2) is 9.25. The maximum atomic E-state index is 12.4. The lowest BCUT2D eigenvalue weighted by Crippen LogP contribution is -2.33. The highest BCUT2D eigenvalue weighted by Crippen LogP contribution is 2.19. The van der Waals surface area contributed by atoms with E-state index in [2.05, 4.69) is 15.4 Å². The van der Waals surface area contributed by atoms with Crippen LogP contribution in [0.25, 0.3) is 0 Å². The Balaban J connectivity index is 0.00000288. The molecule has 1 unspecified atom stereocenters. The highest BCUT2D eigenvalue weighted by Gasteiger charge is 2.16. The Kier molecular flexibility index (Phi) is 7.99. The molecule has 3 N–H and O–H groups in total. The largest absolute Gasteiger partial charge is 0.352 e. The van der Waals surface area contributed by atoms with Crippen LogP contribution >= 0.6 is 12.4 Å². The van der Waals surface area contributed by atoms with Gasteiger partial charge in [-0.2, -0.15) is 0 Å². The van der Waals surface area contributed by atoms with Crippen molar-refractivity contribution >= 4 is 34.0 Å². The molecule has 136 valence electrons. The molecule has 1 aromatic carbocycles. The van der Waals surface area contributed by atoms with E-state index >= 15 is 0 Å². The van der Waals surface area contributed by atoms with Gasteiger partial charge >= 0.3 is 0 Å². The highest BCUT2D eigenvalue weighted by atomic mass is 35.5. The third-order valence-corrected chi connectivity index (χ3v) is 4.54. The standard InChI is InChI=1S/C16H25N3O3S.ClH/c1-12-5-6-15(19-23(2,21)22)14(10-12)16(20)18-9-7-13-4-3-8-17-11-13;/h5-6,10,13,17,19H,3-4,7-9,11H2,1-2H3,(H,18,20);1H. The summed E-state index contributed by atoms with van der Waals surface area (Å²) in [7, 11) is -3.42. The number of piperidine rings is 1. The lowest BCUT2D eigenvalue weighted by atomic mass is 9.96. The number of carbonyl (C=O) groups excluding carboxylic acids is 1. The number of amides is 1. The van der Waals surface area contributed by atoms with E-state index < -0.39 is 10.0 Å². The van der Waals surface area contributed by atoms with Gasteiger partial charge < -0.3 is 10.6 Å². The Morgan fingerprint density at radius 3 is 2.75 bits per heavy atom. The van der Waals surface area contributed by atoms with Crippen molar-refractivity contribution in [3.05, 3.63) is 29.3 Å². The van der Waals surface area contributed by atoms with E-state index in [1.54, 1.807) is 18.2 Å². The van der Waals surface area contributed by atoms with Crippen LogP contribution < -0.4 is 15.4 Å². The second-order valence-corrected chi connectivity index (χ2v) is 7.93. The summed E-state index contributed by atoms with van der Waals surface area (Å²) in [6.45, 7) is 4.54.